The molecule has 1 amide bonds. The molecule has 0 atom stereocenters. The number of aromatic nitrogens is 2. The second-order valence-corrected chi connectivity index (χ2v) is 4.43. The predicted molar refractivity (Wildman–Crippen MR) is 66.2 cm³/mol. The van der Waals surface area contributed by atoms with E-state index in [9.17, 15) is 9.59 Å². The number of methoxy groups -OCH3 is 1. The summed E-state index contributed by atoms with van der Waals surface area (Å²) in [6.45, 7) is 5.36. The highest BCUT2D eigenvalue weighted by Crippen LogP contribution is 2.06. The Labute approximate surface area is 111 Å². The molecule has 0 aliphatic carbocycles. The highest BCUT2D eigenvalue weighted by Gasteiger charge is 2.20. The summed E-state index contributed by atoms with van der Waals surface area (Å²) < 4.78 is 9.51. The molecule has 106 valence electrons. The van der Waals surface area contributed by atoms with Crippen LogP contribution in [0, 0.1) is 6.92 Å². The van der Waals surface area contributed by atoms with Crippen molar-refractivity contribution in [3.63, 3.8) is 0 Å². The van der Waals surface area contributed by atoms with E-state index in [1.54, 1.807) is 6.92 Å². The largest absolute Gasteiger partial charge is 0.468 e. The van der Waals surface area contributed by atoms with Gasteiger partial charge in [0.1, 0.15) is 6.54 Å². The number of carbonyl (C=O) groups excluding carboxylic acids is 2. The van der Waals surface area contributed by atoms with Crippen LogP contribution in [0.2, 0.25) is 0 Å². The van der Waals surface area contributed by atoms with Crippen molar-refractivity contribution in [2.75, 3.05) is 13.7 Å². The van der Waals surface area contributed by atoms with Gasteiger partial charge in [0.25, 0.3) is 0 Å². The molecule has 1 aromatic heterocycles. The van der Waals surface area contributed by atoms with Crippen molar-refractivity contribution in [1.82, 2.24) is 15.0 Å². The van der Waals surface area contributed by atoms with Gasteiger partial charge in [0.2, 0.25) is 11.8 Å². The average Bonchev–Trinajstić information content (AvgIpc) is 2.78. The minimum absolute atomic E-state index is 0.0458. The van der Waals surface area contributed by atoms with Crippen molar-refractivity contribution >= 4 is 11.9 Å². The fourth-order valence-electron chi connectivity index (χ4n) is 1.56. The van der Waals surface area contributed by atoms with E-state index in [-0.39, 0.29) is 24.9 Å². The van der Waals surface area contributed by atoms with Gasteiger partial charge in [-0.2, -0.15) is 4.98 Å². The first-order valence-corrected chi connectivity index (χ1v) is 6.09. The number of rotatable bonds is 6. The zero-order chi connectivity index (χ0) is 14.4. The summed E-state index contributed by atoms with van der Waals surface area (Å²) >= 11 is 0. The zero-order valence-corrected chi connectivity index (χ0v) is 11.7. The zero-order valence-electron chi connectivity index (χ0n) is 11.7. The molecule has 0 spiro atoms. The average molecular weight is 269 g/mol. The Morgan fingerprint density at radius 2 is 2.11 bits per heavy atom. The lowest BCUT2D eigenvalue weighted by Crippen LogP contribution is -2.41. The molecular formula is C12H19N3O4. The van der Waals surface area contributed by atoms with E-state index >= 15 is 0 Å². The fourth-order valence-corrected chi connectivity index (χ4v) is 1.56. The van der Waals surface area contributed by atoms with Gasteiger partial charge < -0.3 is 14.2 Å². The molecule has 0 saturated heterocycles. The van der Waals surface area contributed by atoms with Crippen LogP contribution in [0.3, 0.4) is 0 Å². The Morgan fingerprint density at radius 3 is 2.58 bits per heavy atom. The van der Waals surface area contributed by atoms with E-state index in [2.05, 4.69) is 14.9 Å². The number of nitrogens with zero attached hydrogens (tertiary/aromatic N) is 3. The van der Waals surface area contributed by atoms with Crippen LogP contribution < -0.4 is 0 Å². The third-order valence-corrected chi connectivity index (χ3v) is 2.59. The van der Waals surface area contributed by atoms with Crippen LogP contribution in [0.4, 0.5) is 0 Å². The SMILES string of the molecule is COC(=O)CN(C(=O)CCc1nc(C)no1)C(C)C. The maximum atomic E-state index is 12.0. The van der Waals surface area contributed by atoms with Crippen molar-refractivity contribution in [3.05, 3.63) is 11.7 Å². The Balaban J connectivity index is 2.54. The van der Waals surface area contributed by atoms with Crippen molar-refractivity contribution < 1.29 is 18.8 Å². The summed E-state index contributed by atoms with van der Waals surface area (Å²) in [5.74, 6) is 0.386. The summed E-state index contributed by atoms with van der Waals surface area (Å²) in [7, 11) is 1.30. The van der Waals surface area contributed by atoms with Gasteiger partial charge in [0, 0.05) is 18.9 Å². The molecule has 0 radical (unpaired) electrons. The molecule has 1 aromatic rings. The van der Waals surface area contributed by atoms with Crippen LogP contribution in [-0.4, -0.2) is 46.6 Å². The van der Waals surface area contributed by atoms with Crippen molar-refractivity contribution in [3.8, 4) is 0 Å². The Morgan fingerprint density at radius 1 is 1.42 bits per heavy atom. The first kappa shape index (κ1) is 15.1. The Bertz CT molecular complexity index is 442. The second-order valence-electron chi connectivity index (χ2n) is 4.43. The lowest BCUT2D eigenvalue weighted by molar-refractivity contribution is -0.148. The van der Waals surface area contributed by atoms with Crippen molar-refractivity contribution in [1.29, 1.82) is 0 Å². The molecule has 1 rings (SSSR count). The van der Waals surface area contributed by atoms with Crippen LogP contribution in [0.25, 0.3) is 0 Å². The summed E-state index contributed by atoms with van der Waals surface area (Å²) in [5, 5.41) is 3.65. The molecule has 7 nitrogen and oxygen atoms in total. The molecule has 0 unspecified atom stereocenters. The van der Waals surface area contributed by atoms with Gasteiger partial charge in [0.15, 0.2) is 5.82 Å². The van der Waals surface area contributed by atoms with E-state index in [1.807, 2.05) is 13.8 Å². The number of hydrogen-bond donors (Lipinski definition) is 0. The maximum Gasteiger partial charge on any atom is 0.325 e. The summed E-state index contributed by atoms with van der Waals surface area (Å²) in [6, 6.07) is -0.0731. The van der Waals surface area contributed by atoms with Crippen LogP contribution in [0.5, 0.6) is 0 Å². The van der Waals surface area contributed by atoms with E-state index in [4.69, 9.17) is 4.52 Å². The van der Waals surface area contributed by atoms with E-state index < -0.39 is 5.97 Å². The number of hydrogen-bond acceptors (Lipinski definition) is 6. The first-order valence-electron chi connectivity index (χ1n) is 6.09. The van der Waals surface area contributed by atoms with Gasteiger partial charge in [-0.25, -0.2) is 0 Å². The van der Waals surface area contributed by atoms with E-state index in [0.29, 0.717) is 18.1 Å². The number of esters is 1. The van der Waals surface area contributed by atoms with Crippen LogP contribution in [0.15, 0.2) is 4.52 Å². The lowest BCUT2D eigenvalue weighted by Gasteiger charge is -2.25. The number of carbonyl (C=O) groups is 2. The third kappa shape index (κ3) is 4.69. The van der Waals surface area contributed by atoms with Crippen LogP contribution in [0.1, 0.15) is 32.0 Å². The highest BCUT2D eigenvalue weighted by atomic mass is 16.5. The summed E-state index contributed by atoms with van der Waals surface area (Å²) in [6.07, 6.45) is 0.584. The third-order valence-electron chi connectivity index (χ3n) is 2.59. The molecule has 0 N–H and O–H groups in total. The predicted octanol–water partition coefficient (Wildman–Crippen LogP) is 0.721. The quantitative estimate of drug-likeness (QED) is 0.707. The molecule has 0 aromatic carbocycles. The smallest absolute Gasteiger partial charge is 0.325 e. The number of ether oxygens (including phenoxy) is 1. The summed E-state index contributed by atoms with van der Waals surface area (Å²) in [5.41, 5.74) is 0. The molecular weight excluding hydrogens is 250 g/mol. The number of amides is 1. The van der Waals surface area contributed by atoms with Gasteiger partial charge in [-0.05, 0) is 20.8 Å². The Kier molecular flexibility index (Phi) is 5.47. The summed E-state index contributed by atoms with van der Waals surface area (Å²) in [4.78, 5) is 28.8. The first-order chi connectivity index (χ1) is 8.93. The van der Waals surface area contributed by atoms with Crippen LogP contribution >= 0.6 is 0 Å². The van der Waals surface area contributed by atoms with Crippen LogP contribution in [-0.2, 0) is 20.7 Å². The molecule has 7 heteroatoms. The number of aryl methyl sites for hydroxylation is 2. The van der Waals surface area contributed by atoms with Crippen molar-refractivity contribution in [2.45, 2.75) is 39.7 Å². The topological polar surface area (TPSA) is 85.5 Å². The van der Waals surface area contributed by atoms with Gasteiger partial charge in [0.05, 0.1) is 7.11 Å². The molecule has 0 fully saturated rings. The normalized spacial score (nSPS) is 10.6. The minimum atomic E-state index is -0.435. The van der Waals surface area contributed by atoms with Crippen molar-refractivity contribution in [2.24, 2.45) is 0 Å². The Hall–Kier alpha value is -1.92. The van der Waals surface area contributed by atoms with Gasteiger partial charge >= 0.3 is 5.97 Å². The van der Waals surface area contributed by atoms with E-state index in [0.717, 1.165) is 0 Å². The second kappa shape index (κ2) is 6.86. The van der Waals surface area contributed by atoms with Gasteiger partial charge in [-0.15, -0.1) is 0 Å². The highest BCUT2D eigenvalue weighted by molar-refractivity contribution is 5.82. The molecule has 0 aliphatic rings. The maximum absolute atomic E-state index is 12.0. The van der Waals surface area contributed by atoms with Gasteiger partial charge in [-0.3, -0.25) is 9.59 Å². The molecule has 1 heterocycles. The lowest BCUT2D eigenvalue weighted by atomic mass is 10.2. The standard InChI is InChI=1S/C12H19N3O4/c1-8(2)15(7-12(17)18-4)11(16)6-5-10-13-9(3)14-19-10/h8H,5-7H2,1-4H3. The van der Waals surface area contributed by atoms with E-state index in [1.165, 1.54) is 12.0 Å². The molecule has 0 bridgehead atoms. The molecule has 0 saturated carbocycles. The molecule has 19 heavy (non-hydrogen) atoms. The monoisotopic (exact) mass is 269 g/mol. The minimum Gasteiger partial charge on any atom is -0.468 e. The molecule has 0 aliphatic heterocycles. The fraction of sp³-hybridized carbons (Fsp3) is 0.667. The van der Waals surface area contributed by atoms with Gasteiger partial charge in [-0.1, -0.05) is 5.16 Å².